The lowest BCUT2D eigenvalue weighted by Gasteiger charge is -2.13. The Labute approximate surface area is 220 Å². The SMILES string of the molecule is COc1cc(/C=N/NC(=O)c2cc3cc(Br)ccc3o2)c(Br)cc1OCc1ccc(I)cc1. The van der Waals surface area contributed by atoms with E-state index in [9.17, 15) is 4.79 Å². The zero-order valence-electron chi connectivity index (χ0n) is 17.3. The number of benzene rings is 3. The zero-order valence-corrected chi connectivity index (χ0v) is 22.6. The number of ether oxygens (including phenoxy) is 2. The van der Waals surface area contributed by atoms with E-state index in [1.807, 2.05) is 42.5 Å². The third-order valence-corrected chi connectivity index (χ3v) is 6.56. The minimum absolute atomic E-state index is 0.177. The fourth-order valence-electron chi connectivity index (χ4n) is 3.01. The summed E-state index contributed by atoms with van der Waals surface area (Å²) in [7, 11) is 1.57. The Morgan fingerprint density at radius 3 is 2.64 bits per heavy atom. The lowest BCUT2D eigenvalue weighted by molar-refractivity contribution is 0.0929. The zero-order chi connectivity index (χ0) is 23.4. The van der Waals surface area contributed by atoms with Crippen LogP contribution in [-0.2, 0) is 6.61 Å². The molecule has 0 radical (unpaired) electrons. The molecule has 9 heteroatoms. The Bertz CT molecular complexity index is 1340. The molecule has 0 saturated heterocycles. The number of carbonyl (C=O) groups is 1. The first kappa shape index (κ1) is 23.8. The van der Waals surface area contributed by atoms with Crippen LogP contribution in [-0.4, -0.2) is 19.2 Å². The molecule has 168 valence electrons. The molecule has 6 nitrogen and oxygen atoms in total. The van der Waals surface area contributed by atoms with Gasteiger partial charge in [0, 0.05) is 23.5 Å². The maximum Gasteiger partial charge on any atom is 0.307 e. The van der Waals surface area contributed by atoms with Gasteiger partial charge in [-0.3, -0.25) is 4.79 Å². The van der Waals surface area contributed by atoms with E-state index in [0.29, 0.717) is 29.3 Å². The number of methoxy groups -OCH3 is 1. The monoisotopic (exact) mass is 682 g/mol. The summed E-state index contributed by atoms with van der Waals surface area (Å²) in [6.45, 7) is 0.414. The molecule has 4 aromatic rings. The Balaban J connectivity index is 1.44. The molecule has 0 spiro atoms. The van der Waals surface area contributed by atoms with Gasteiger partial charge in [0.15, 0.2) is 17.3 Å². The van der Waals surface area contributed by atoms with Crippen LogP contribution < -0.4 is 14.9 Å². The van der Waals surface area contributed by atoms with Gasteiger partial charge >= 0.3 is 5.91 Å². The minimum atomic E-state index is -0.445. The molecule has 0 fully saturated rings. The fourth-order valence-corrected chi connectivity index (χ4v) is 4.17. The summed E-state index contributed by atoms with van der Waals surface area (Å²) in [4.78, 5) is 12.4. The first-order valence-corrected chi connectivity index (χ1v) is 12.4. The lowest BCUT2D eigenvalue weighted by Crippen LogP contribution is -2.16. The van der Waals surface area contributed by atoms with Crippen LogP contribution in [0.15, 0.2) is 79.1 Å². The highest BCUT2D eigenvalue weighted by Gasteiger charge is 2.13. The van der Waals surface area contributed by atoms with Crippen molar-refractivity contribution in [2.75, 3.05) is 7.11 Å². The first-order chi connectivity index (χ1) is 15.9. The van der Waals surface area contributed by atoms with Gasteiger partial charge < -0.3 is 13.9 Å². The Kier molecular flexibility index (Phi) is 7.71. The maximum atomic E-state index is 12.4. The topological polar surface area (TPSA) is 73.1 Å². The molecular formula is C24H17Br2IN2O4. The van der Waals surface area contributed by atoms with Crippen LogP contribution in [0.5, 0.6) is 11.5 Å². The van der Waals surface area contributed by atoms with E-state index >= 15 is 0 Å². The van der Waals surface area contributed by atoms with E-state index in [1.54, 1.807) is 25.3 Å². The Morgan fingerprint density at radius 1 is 1.09 bits per heavy atom. The van der Waals surface area contributed by atoms with Crippen LogP contribution in [0.3, 0.4) is 0 Å². The number of nitrogens with zero attached hydrogens (tertiary/aromatic N) is 1. The molecule has 1 heterocycles. The summed E-state index contributed by atoms with van der Waals surface area (Å²) in [6.07, 6.45) is 1.52. The van der Waals surface area contributed by atoms with Crippen LogP contribution >= 0.6 is 54.5 Å². The van der Waals surface area contributed by atoms with Crippen molar-refractivity contribution in [2.24, 2.45) is 5.10 Å². The summed E-state index contributed by atoms with van der Waals surface area (Å²) in [6, 6.07) is 18.9. The van der Waals surface area contributed by atoms with E-state index in [-0.39, 0.29) is 5.76 Å². The highest BCUT2D eigenvalue weighted by Crippen LogP contribution is 2.33. The molecule has 1 aromatic heterocycles. The van der Waals surface area contributed by atoms with E-state index in [2.05, 4.69) is 65.0 Å². The number of hydrazone groups is 1. The number of rotatable bonds is 7. The summed E-state index contributed by atoms with van der Waals surface area (Å²) >= 11 is 9.19. The van der Waals surface area contributed by atoms with Crippen molar-refractivity contribution < 1.29 is 18.7 Å². The van der Waals surface area contributed by atoms with Crippen LogP contribution in [0.25, 0.3) is 11.0 Å². The molecule has 4 rings (SSSR count). The van der Waals surface area contributed by atoms with Gasteiger partial charge in [0.05, 0.1) is 13.3 Å². The predicted molar refractivity (Wildman–Crippen MR) is 143 cm³/mol. The average Bonchev–Trinajstić information content (AvgIpc) is 3.23. The van der Waals surface area contributed by atoms with Gasteiger partial charge in [0.25, 0.3) is 0 Å². The Hall–Kier alpha value is -2.37. The third kappa shape index (κ3) is 5.96. The quantitative estimate of drug-likeness (QED) is 0.131. The largest absolute Gasteiger partial charge is 0.493 e. The third-order valence-electron chi connectivity index (χ3n) is 4.66. The van der Waals surface area contributed by atoms with E-state index in [4.69, 9.17) is 13.9 Å². The van der Waals surface area contributed by atoms with Crippen molar-refractivity contribution in [3.63, 3.8) is 0 Å². The van der Waals surface area contributed by atoms with Gasteiger partial charge in [0.2, 0.25) is 0 Å². The second kappa shape index (κ2) is 10.7. The van der Waals surface area contributed by atoms with Crippen LogP contribution in [0.1, 0.15) is 21.7 Å². The van der Waals surface area contributed by atoms with Crippen LogP contribution in [0.2, 0.25) is 0 Å². The summed E-state index contributed by atoms with van der Waals surface area (Å²) in [5.74, 6) is 0.882. The van der Waals surface area contributed by atoms with Crippen molar-refractivity contribution in [3.8, 4) is 11.5 Å². The number of furan rings is 1. The van der Waals surface area contributed by atoms with Gasteiger partial charge in [-0.15, -0.1) is 0 Å². The highest BCUT2D eigenvalue weighted by molar-refractivity contribution is 14.1. The minimum Gasteiger partial charge on any atom is -0.493 e. The standard InChI is InChI=1S/C24H17Br2IN2O4/c1-31-21-10-16(19(26)11-22(21)32-13-14-2-5-18(27)6-3-14)12-28-29-24(30)23-9-15-8-17(25)4-7-20(15)33-23/h2-12H,13H2,1H3,(H,29,30)/b28-12+. The fraction of sp³-hybridized carbons (Fsp3) is 0.0833. The van der Waals surface area contributed by atoms with Gasteiger partial charge in [-0.25, -0.2) is 5.43 Å². The molecule has 0 saturated carbocycles. The number of hydrogen-bond acceptors (Lipinski definition) is 5. The number of carbonyl (C=O) groups excluding carboxylic acids is 1. The molecule has 0 bridgehead atoms. The smallest absolute Gasteiger partial charge is 0.307 e. The van der Waals surface area contributed by atoms with Crippen molar-refractivity contribution >= 4 is 77.5 Å². The van der Waals surface area contributed by atoms with Gasteiger partial charge in [-0.1, -0.05) is 28.1 Å². The van der Waals surface area contributed by atoms with Crippen molar-refractivity contribution in [3.05, 3.63) is 90.1 Å². The van der Waals surface area contributed by atoms with Gasteiger partial charge in [0.1, 0.15) is 12.2 Å². The van der Waals surface area contributed by atoms with Crippen molar-refractivity contribution in [2.45, 2.75) is 6.61 Å². The summed E-state index contributed by atoms with van der Waals surface area (Å²) in [5, 5.41) is 4.88. The molecule has 0 aliphatic heterocycles. The Morgan fingerprint density at radius 2 is 1.88 bits per heavy atom. The number of hydrogen-bond donors (Lipinski definition) is 1. The average molecular weight is 684 g/mol. The number of halogens is 3. The molecule has 0 unspecified atom stereocenters. The van der Waals surface area contributed by atoms with Crippen molar-refractivity contribution in [1.82, 2.24) is 5.43 Å². The first-order valence-electron chi connectivity index (χ1n) is 9.70. The molecule has 0 aliphatic carbocycles. The van der Waals surface area contributed by atoms with Crippen LogP contribution in [0.4, 0.5) is 0 Å². The molecule has 0 atom stereocenters. The van der Waals surface area contributed by atoms with E-state index < -0.39 is 5.91 Å². The molecule has 3 aromatic carbocycles. The molecule has 1 N–H and O–H groups in total. The van der Waals surface area contributed by atoms with E-state index in [0.717, 1.165) is 19.9 Å². The number of fused-ring (bicyclic) bond motifs is 1. The maximum absolute atomic E-state index is 12.4. The highest BCUT2D eigenvalue weighted by atomic mass is 127. The number of nitrogens with one attached hydrogen (secondary N) is 1. The second-order valence-corrected chi connectivity index (χ2v) is 9.95. The second-order valence-electron chi connectivity index (χ2n) is 6.93. The molecule has 33 heavy (non-hydrogen) atoms. The number of amides is 1. The van der Waals surface area contributed by atoms with E-state index in [1.165, 1.54) is 9.78 Å². The molecular weight excluding hydrogens is 667 g/mol. The normalized spacial score (nSPS) is 11.2. The predicted octanol–water partition coefficient (Wildman–Crippen LogP) is 6.91. The molecule has 0 aliphatic rings. The summed E-state index contributed by atoms with van der Waals surface area (Å²) in [5.41, 5.74) is 4.88. The van der Waals surface area contributed by atoms with Crippen molar-refractivity contribution in [1.29, 1.82) is 0 Å². The molecule has 1 amide bonds. The summed E-state index contributed by atoms with van der Waals surface area (Å²) < 4.78 is 19.8. The van der Waals surface area contributed by atoms with Gasteiger partial charge in [-0.05, 0) is 92.6 Å². The van der Waals surface area contributed by atoms with Gasteiger partial charge in [-0.2, -0.15) is 5.10 Å². The van der Waals surface area contributed by atoms with Crippen LogP contribution in [0, 0.1) is 3.57 Å². The lowest BCUT2D eigenvalue weighted by atomic mass is 10.2.